The van der Waals surface area contributed by atoms with Crippen LogP contribution in [0.1, 0.15) is 17.1 Å². The molecule has 0 aliphatic rings. The number of pyridine rings is 1. The molecule has 7 nitrogen and oxygen atoms in total. The van der Waals surface area contributed by atoms with Gasteiger partial charge in [0, 0.05) is 25.7 Å². The summed E-state index contributed by atoms with van der Waals surface area (Å²) in [6.45, 7) is 0.616. The Morgan fingerprint density at radius 3 is 2.62 bits per heavy atom. The average Bonchev–Trinajstić information content (AvgIpc) is 3.35. The van der Waals surface area contributed by atoms with Crippen molar-refractivity contribution in [1.29, 1.82) is 0 Å². The van der Waals surface area contributed by atoms with Crippen LogP contribution in [0.4, 0.5) is 5.82 Å². The van der Waals surface area contributed by atoms with Crippen molar-refractivity contribution in [3.63, 3.8) is 0 Å². The van der Waals surface area contributed by atoms with Crippen molar-refractivity contribution in [2.75, 3.05) is 11.9 Å². The minimum atomic E-state index is 0.467. The predicted molar refractivity (Wildman–Crippen MR) is 95.4 cm³/mol. The third-order valence-corrected chi connectivity index (χ3v) is 3.95. The summed E-state index contributed by atoms with van der Waals surface area (Å²) >= 11 is 0. The summed E-state index contributed by atoms with van der Waals surface area (Å²) in [4.78, 5) is 10.9. The van der Waals surface area contributed by atoms with Gasteiger partial charge in [0.15, 0.2) is 5.82 Å². The van der Waals surface area contributed by atoms with Gasteiger partial charge in [0.2, 0.25) is 0 Å². The van der Waals surface area contributed by atoms with Crippen molar-refractivity contribution < 1.29 is 9.05 Å². The molecular formula is C19H17N5O2. The molecule has 3 aromatic heterocycles. The first-order chi connectivity index (χ1) is 12.8. The minimum Gasteiger partial charge on any atom is -0.364 e. The molecule has 0 bridgehead atoms. The Labute approximate surface area is 150 Å². The molecule has 0 amide bonds. The molecule has 4 aromatic rings. The molecule has 0 atom stereocenters. The Balaban J connectivity index is 1.45. The molecule has 0 unspecified atom stereocenters. The lowest BCUT2D eigenvalue weighted by Crippen LogP contribution is -2.17. The highest BCUT2D eigenvalue weighted by atomic mass is 16.5. The van der Waals surface area contributed by atoms with Gasteiger partial charge in [0.05, 0.1) is 12.1 Å². The summed E-state index contributed by atoms with van der Waals surface area (Å²) in [6, 6.07) is 15.7. The van der Waals surface area contributed by atoms with Gasteiger partial charge in [-0.15, -0.1) is 0 Å². The van der Waals surface area contributed by atoms with E-state index in [4.69, 9.17) is 9.05 Å². The van der Waals surface area contributed by atoms with E-state index in [2.05, 4.69) is 20.3 Å². The van der Waals surface area contributed by atoms with E-state index in [9.17, 15) is 0 Å². The zero-order chi connectivity index (χ0) is 17.8. The summed E-state index contributed by atoms with van der Waals surface area (Å²) in [5.41, 5.74) is 2.78. The van der Waals surface area contributed by atoms with Crippen LogP contribution in [0.5, 0.6) is 0 Å². The van der Waals surface area contributed by atoms with Crippen molar-refractivity contribution in [1.82, 2.24) is 20.3 Å². The topological polar surface area (TPSA) is 81.1 Å². The van der Waals surface area contributed by atoms with Gasteiger partial charge >= 0.3 is 0 Å². The summed E-state index contributed by atoms with van der Waals surface area (Å²) in [6.07, 6.45) is 3.92. The highest BCUT2D eigenvalue weighted by molar-refractivity contribution is 5.54. The van der Waals surface area contributed by atoms with Gasteiger partial charge in [-0.2, -0.15) is 4.98 Å². The largest absolute Gasteiger partial charge is 0.364 e. The van der Waals surface area contributed by atoms with E-state index >= 15 is 0 Å². The number of nitrogens with zero attached hydrogens (tertiary/aromatic N) is 5. The standard InChI is InChI=1S/C19H17N5O2/c1-24(13-16-9-10-25-22-16)18-8-7-15(12-20-18)19-21-17(23-26-19)11-14-5-3-2-4-6-14/h2-10,12H,11,13H2,1H3. The maximum Gasteiger partial charge on any atom is 0.259 e. The summed E-state index contributed by atoms with van der Waals surface area (Å²) in [5.74, 6) is 1.94. The second-order valence-corrected chi connectivity index (χ2v) is 5.93. The lowest BCUT2D eigenvalue weighted by Gasteiger charge is -2.16. The summed E-state index contributed by atoms with van der Waals surface area (Å²) < 4.78 is 10.2. The van der Waals surface area contributed by atoms with Gasteiger partial charge in [-0.1, -0.05) is 40.6 Å². The second kappa shape index (κ2) is 7.18. The van der Waals surface area contributed by atoms with E-state index in [1.807, 2.05) is 60.5 Å². The minimum absolute atomic E-state index is 0.467. The monoisotopic (exact) mass is 347 g/mol. The van der Waals surface area contributed by atoms with E-state index in [0.717, 1.165) is 22.6 Å². The van der Waals surface area contributed by atoms with Crippen molar-refractivity contribution in [3.8, 4) is 11.5 Å². The summed E-state index contributed by atoms with van der Waals surface area (Å²) in [7, 11) is 1.95. The average molecular weight is 347 g/mol. The first-order valence-corrected chi connectivity index (χ1v) is 8.21. The second-order valence-electron chi connectivity index (χ2n) is 5.93. The zero-order valence-electron chi connectivity index (χ0n) is 14.2. The molecule has 130 valence electrons. The van der Waals surface area contributed by atoms with Gasteiger partial charge in [-0.3, -0.25) is 0 Å². The van der Waals surface area contributed by atoms with Crippen LogP contribution < -0.4 is 4.90 Å². The lowest BCUT2D eigenvalue weighted by molar-refractivity contribution is 0.411. The van der Waals surface area contributed by atoms with Gasteiger partial charge in [0.1, 0.15) is 17.8 Å². The Morgan fingerprint density at radius 1 is 1.00 bits per heavy atom. The zero-order valence-corrected chi connectivity index (χ0v) is 14.2. The molecule has 0 N–H and O–H groups in total. The van der Waals surface area contributed by atoms with E-state index < -0.39 is 0 Å². The number of rotatable bonds is 6. The van der Waals surface area contributed by atoms with E-state index in [1.165, 1.54) is 0 Å². The van der Waals surface area contributed by atoms with Gasteiger partial charge in [-0.25, -0.2) is 4.98 Å². The molecule has 0 fully saturated rings. The molecular weight excluding hydrogens is 330 g/mol. The number of anilines is 1. The Morgan fingerprint density at radius 2 is 1.88 bits per heavy atom. The normalized spacial score (nSPS) is 10.8. The van der Waals surface area contributed by atoms with E-state index in [-0.39, 0.29) is 0 Å². The van der Waals surface area contributed by atoms with Crippen LogP contribution in [0.3, 0.4) is 0 Å². The van der Waals surface area contributed by atoms with Crippen LogP contribution in [0.15, 0.2) is 70.0 Å². The molecule has 0 spiro atoms. The Kier molecular flexibility index (Phi) is 4.42. The van der Waals surface area contributed by atoms with E-state index in [1.54, 1.807) is 12.5 Å². The van der Waals surface area contributed by atoms with Crippen LogP contribution in [0, 0.1) is 0 Å². The van der Waals surface area contributed by atoms with Crippen molar-refractivity contribution in [3.05, 3.63) is 78.1 Å². The first kappa shape index (κ1) is 16.0. The predicted octanol–water partition coefficient (Wildman–Crippen LogP) is 3.35. The third-order valence-electron chi connectivity index (χ3n) is 3.95. The maximum atomic E-state index is 5.37. The molecule has 1 aromatic carbocycles. The smallest absolute Gasteiger partial charge is 0.259 e. The molecule has 0 radical (unpaired) electrons. The maximum absolute atomic E-state index is 5.37. The Hall–Kier alpha value is -3.48. The molecule has 0 saturated heterocycles. The number of aromatic nitrogens is 4. The number of benzene rings is 1. The van der Waals surface area contributed by atoms with Gasteiger partial charge in [-0.05, 0) is 17.7 Å². The molecule has 7 heteroatoms. The first-order valence-electron chi connectivity index (χ1n) is 8.21. The molecule has 0 aliphatic heterocycles. The molecule has 0 aliphatic carbocycles. The molecule has 26 heavy (non-hydrogen) atoms. The summed E-state index contributed by atoms with van der Waals surface area (Å²) in [5, 5.41) is 7.96. The van der Waals surface area contributed by atoms with Crippen LogP contribution in [-0.2, 0) is 13.0 Å². The third kappa shape index (κ3) is 3.61. The quantitative estimate of drug-likeness (QED) is 0.529. The van der Waals surface area contributed by atoms with Gasteiger partial charge < -0.3 is 13.9 Å². The van der Waals surface area contributed by atoms with Gasteiger partial charge in [0.25, 0.3) is 5.89 Å². The Bertz CT molecular complexity index is 949. The van der Waals surface area contributed by atoms with Crippen molar-refractivity contribution in [2.45, 2.75) is 13.0 Å². The van der Waals surface area contributed by atoms with E-state index in [0.29, 0.717) is 24.7 Å². The van der Waals surface area contributed by atoms with Crippen LogP contribution in [0.25, 0.3) is 11.5 Å². The lowest BCUT2D eigenvalue weighted by atomic mass is 10.1. The molecule has 0 saturated carbocycles. The fourth-order valence-electron chi connectivity index (χ4n) is 2.60. The van der Waals surface area contributed by atoms with Crippen LogP contribution in [-0.4, -0.2) is 27.3 Å². The highest BCUT2D eigenvalue weighted by Gasteiger charge is 2.11. The SMILES string of the molecule is CN(Cc1ccon1)c1ccc(-c2nc(Cc3ccccc3)no2)cn1. The van der Waals surface area contributed by atoms with Crippen LogP contribution in [0.2, 0.25) is 0 Å². The van der Waals surface area contributed by atoms with Crippen molar-refractivity contribution in [2.24, 2.45) is 0 Å². The number of hydrogen-bond donors (Lipinski definition) is 0. The molecule has 4 rings (SSSR count). The fraction of sp³-hybridized carbons (Fsp3) is 0.158. The molecule has 3 heterocycles. The van der Waals surface area contributed by atoms with Crippen molar-refractivity contribution >= 4 is 5.82 Å². The number of hydrogen-bond acceptors (Lipinski definition) is 7. The fourth-order valence-corrected chi connectivity index (χ4v) is 2.60. The van der Waals surface area contributed by atoms with Crippen LogP contribution >= 0.6 is 0 Å². The highest BCUT2D eigenvalue weighted by Crippen LogP contribution is 2.20.